The van der Waals surface area contributed by atoms with E-state index >= 15 is 0 Å². The molecule has 2 aliphatic heterocycles. The van der Waals surface area contributed by atoms with Gasteiger partial charge < -0.3 is 5.11 Å². The lowest BCUT2D eigenvalue weighted by Gasteiger charge is -2.20. The Labute approximate surface area is 271 Å². The van der Waals surface area contributed by atoms with Crippen LogP contribution in [0.25, 0.3) is 27.8 Å². The van der Waals surface area contributed by atoms with E-state index in [-0.39, 0.29) is 61.3 Å². The van der Waals surface area contributed by atoms with E-state index in [0.29, 0.717) is 16.8 Å². The molecule has 2 aliphatic rings. The first-order valence-electron chi connectivity index (χ1n) is 14.9. The molecule has 0 atom stereocenters. The van der Waals surface area contributed by atoms with Gasteiger partial charge in [-0.2, -0.15) is 0 Å². The molecular formula is C37H23N4O7+. The molecule has 0 spiro atoms. The molecule has 8 rings (SSSR count). The van der Waals surface area contributed by atoms with Crippen molar-refractivity contribution >= 4 is 63.0 Å². The average Bonchev–Trinajstić information content (AvgIpc) is 3.49. The molecule has 4 amide bonds. The summed E-state index contributed by atoms with van der Waals surface area (Å²) >= 11 is 0. The summed E-state index contributed by atoms with van der Waals surface area (Å²) in [4.78, 5) is 82.1. The number of carboxylic acid groups (broad SMARTS) is 1. The molecule has 0 aliphatic carbocycles. The summed E-state index contributed by atoms with van der Waals surface area (Å²) in [5, 5.41) is 9.56. The summed E-state index contributed by atoms with van der Waals surface area (Å²) in [5.74, 6) is -3.15. The zero-order chi connectivity index (χ0) is 33.6. The fraction of sp³-hybridized carbons (Fsp3) is 0.0541. The van der Waals surface area contributed by atoms with E-state index in [1.165, 1.54) is 12.1 Å². The SMILES string of the molecule is Cc1cc2c(cc1N1C(=O)c3ccccc3C1=O)n(-c1ccc(C(=O)O)cc1)c1cc(N3C(=O)c4ccccc4C3=O)c(C)cc1[n+]2=O. The molecule has 3 heterocycles. The molecule has 5 aromatic carbocycles. The Morgan fingerprint density at radius 1 is 0.583 bits per heavy atom. The summed E-state index contributed by atoms with van der Waals surface area (Å²) < 4.78 is 2.41. The maximum atomic E-state index is 14.1. The number of imide groups is 2. The van der Waals surface area contributed by atoms with Crippen molar-refractivity contribution in [3.63, 3.8) is 0 Å². The number of hydrogen-bond donors (Lipinski definition) is 1. The smallest absolute Gasteiger partial charge is 0.335 e. The van der Waals surface area contributed by atoms with Crippen molar-refractivity contribution in [2.24, 2.45) is 0 Å². The number of benzene rings is 5. The van der Waals surface area contributed by atoms with E-state index < -0.39 is 29.6 Å². The first kappa shape index (κ1) is 28.7. The normalized spacial score (nSPS) is 14.0. The lowest BCUT2D eigenvalue weighted by molar-refractivity contribution is -0.432. The molecule has 0 saturated carbocycles. The molecule has 11 heteroatoms. The van der Waals surface area contributed by atoms with Crippen molar-refractivity contribution in [1.82, 2.24) is 4.57 Å². The minimum atomic E-state index is -1.13. The Morgan fingerprint density at radius 3 is 1.31 bits per heavy atom. The highest BCUT2D eigenvalue weighted by Crippen LogP contribution is 2.37. The predicted octanol–water partition coefficient (Wildman–Crippen LogP) is 5.61. The third-order valence-corrected chi connectivity index (χ3v) is 8.95. The largest absolute Gasteiger partial charge is 0.478 e. The van der Waals surface area contributed by atoms with Gasteiger partial charge >= 0.3 is 5.97 Å². The molecular weight excluding hydrogens is 612 g/mol. The predicted molar refractivity (Wildman–Crippen MR) is 176 cm³/mol. The first-order chi connectivity index (χ1) is 23.1. The molecule has 232 valence electrons. The first-order valence-corrected chi connectivity index (χ1v) is 14.9. The monoisotopic (exact) mass is 635 g/mol. The number of rotatable bonds is 4. The van der Waals surface area contributed by atoms with Crippen molar-refractivity contribution in [1.29, 1.82) is 0 Å². The van der Waals surface area contributed by atoms with Crippen molar-refractivity contribution in [3.8, 4) is 5.69 Å². The fourth-order valence-electron chi connectivity index (χ4n) is 6.61. The quantitative estimate of drug-likeness (QED) is 0.151. The number of carboxylic acids is 1. The number of aromatic nitrogens is 2. The van der Waals surface area contributed by atoms with Crippen LogP contribution in [0, 0.1) is 18.8 Å². The molecule has 0 unspecified atom stereocenters. The van der Waals surface area contributed by atoms with Gasteiger partial charge in [-0.1, -0.05) is 24.3 Å². The standard InChI is InChI=1S/C37H22N4O7/c1-19-15-31-29(17-27(19)39-33(42)23-7-3-4-8-24(23)34(39)43)38(22-13-11-21(12-14-22)37(46)47)30-18-28(20(2)16-32(30)41(31)48)40-35(44)25-9-5-6-10-26(25)36(40)45/h3-18H,1-2H3/p+1. The van der Waals surface area contributed by atoms with Crippen molar-refractivity contribution in [3.05, 3.63) is 141 Å². The van der Waals surface area contributed by atoms with E-state index in [9.17, 15) is 34.0 Å². The van der Waals surface area contributed by atoms with Crippen LogP contribution in [-0.2, 0) is 0 Å². The third kappa shape index (κ3) is 3.91. The summed E-state index contributed by atoms with van der Waals surface area (Å²) in [5.41, 5.74) is 4.02. The molecule has 0 fully saturated rings. The number of aryl methyl sites for hydroxylation is 2. The van der Waals surface area contributed by atoms with Crippen LogP contribution in [0.2, 0.25) is 0 Å². The van der Waals surface area contributed by atoms with Crippen LogP contribution in [0.3, 0.4) is 0 Å². The molecule has 0 radical (unpaired) electrons. The van der Waals surface area contributed by atoms with Crippen LogP contribution in [0.15, 0.2) is 97.1 Å². The summed E-state index contributed by atoms with van der Waals surface area (Å²) in [7, 11) is 0. The number of carbonyl (C=O) groups excluding carboxylic acids is 4. The summed E-state index contributed by atoms with van der Waals surface area (Å²) in [6, 6.07) is 25.3. The lowest BCUT2D eigenvalue weighted by Crippen LogP contribution is -2.31. The third-order valence-electron chi connectivity index (χ3n) is 8.95. The molecule has 0 bridgehead atoms. The second-order valence-electron chi connectivity index (χ2n) is 11.7. The van der Waals surface area contributed by atoms with Crippen LogP contribution >= 0.6 is 0 Å². The van der Waals surface area contributed by atoms with E-state index in [2.05, 4.69) is 0 Å². The molecule has 6 aromatic rings. The minimum Gasteiger partial charge on any atom is -0.478 e. The van der Waals surface area contributed by atoms with Crippen molar-refractivity contribution in [2.45, 2.75) is 13.8 Å². The fourth-order valence-corrected chi connectivity index (χ4v) is 6.61. The van der Waals surface area contributed by atoms with Gasteiger partial charge in [0.05, 0.1) is 43.6 Å². The number of anilines is 2. The van der Waals surface area contributed by atoms with E-state index in [4.69, 9.17) is 0 Å². The molecule has 1 N–H and O–H groups in total. The zero-order valence-electron chi connectivity index (χ0n) is 25.4. The Balaban J connectivity index is 1.43. The van der Waals surface area contributed by atoms with Crippen LogP contribution in [0.5, 0.6) is 0 Å². The van der Waals surface area contributed by atoms with Gasteiger partial charge in [-0.3, -0.25) is 23.7 Å². The number of fused-ring (bicyclic) bond motifs is 4. The molecule has 0 saturated heterocycles. The Bertz CT molecular complexity index is 2350. The average molecular weight is 636 g/mol. The second kappa shape index (κ2) is 10.1. The van der Waals surface area contributed by atoms with Crippen LogP contribution in [0.1, 0.15) is 62.9 Å². The lowest BCUT2D eigenvalue weighted by atomic mass is 10.1. The van der Waals surface area contributed by atoms with Crippen LogP contribution in [0.4, 0.5) is 11.4 Å². The summed E-state index contributed by atoms with van der Waals surface area (Å²) in [6.07, 6.45) is 0. The zero-order valence-corrected chi connectivity index (χ0v) is 25.4. The summed E-state index contributed by atoms with van der Waals surface area (Å²) in [6.45, 7) is 3.40. The highest BCUT2D eigenvalue weighted by Gasteiger charge is 2.39. The van der Waals surface area contributed by atoms with E-state index in [1.807, 2.05) is 0 Å². The van der Waals surface area contributed by atoms with Gasteiger partial charge in [-0.15, -0.1) is 0 Å². The van der Waals surface area contributed by atoms with Gasteiger partial charge in [-0.25, -0.2) is 14.6 Å². The van der Waals surface area contributed by atoms with E-state index in [1.54, 1.807) is 103 Å². The minimum absolute atomic E-state index is 0.0351. The Morgan fingerprint density at radius 2 is 0.958 bits per heavy atom. The van der Waals surface area contributed by atoms with Gasteiger partial charge in [0.25, 0.3) is 34.7 Å². The number of hydrogen-bond acceptors (Lipinski definition) is 6. The topological polar surface area (TPSA) is 140 Å². The maximum absolute atomic E-state index is 14.1. The molecule has 48 heavy (non-hydrogen) atoms. The Kier molecular flexibility index (Phi) is 6.06. The maximum Gasteiger partial charge on any atom is 0.335 e. The van der Waals surface area contributed by atoms with Crippen molar-refractivity contribution in [2.75, 3.05) is 9.80 Å². The number of carbonyl (C=O) groups is 5. The van der Waals surface area contributed by atoms with Crippen LogP contribution < -0.4 is 14.2 Å². The van der Waals surface area contributed by atoms with Gasteiger partial charge in [0, 0.05) is 22.7 Å². The highest BCUT2D eigenvalue weighted by atomic mass is 16.4. The number of aromatic carboxylic acids is 1. The Hall–Kier alpha value is -6.75. The van der Waals surface area contributed by atoms with Gasteiger partial charge in [-0.05, 0) is 85.6 Å². The highest BCUT2D eigenvalue weighted by molar-refractivity contribution is 6.35. The molecule has 1 aromatic heterocycles. The van der Waals surface area contributed by atoms with E-state index in [0.717, 1.165) is 14.2 Å². The number of nitrogens with zero attached hydrogens (tertiary/aromatic N) is 4. The van der Waals surface area contributed by atoms with Gasteiger partial charge in [0.2, 0.25) is 0 Å². The van der Waals surface area contributed by atoms with Gasteiger partial charge in [0.15, 0.2) is 0 Å². The molecule has 11 nitrogen and oxygen atoms in total. The number of amides is 4. The van der Waals surface area contributed by atoms with Crippen LogP contribution in [-0.4, -0.2) is 39.3 Å². The van der Waals surface area contributed by atoms with Gasteiger partial charge in [0.1, 0.15) is 11.0 Å². The van der Waals surface area contributed by atoms with Crippen molar-refractivity contribution < 1.29 is 33.5 Å². The second-order valence-corrected chi connectivity index (χ2v) is 11.7.